The van der Waals surface area contributed by atoms with Crippen molar-refractivity contribution in [3.8, 4) is 0 Å². The highest BCUT2D eigenvalue weighted by molar-refractivity contribution is 5.89. The van der Waals surface area contributed by atoms with Gasteiger partial charge in [-0.15, -0.1) is 0 Å². The van der Waals surface area contributed by atoms with Gasteiger partial charge in [0.1, 0.15) is 6.04 Å². The summed E-state index contributed by atoms with van der Waals surface area (Å²) >= 11 is 0. The lowest BCUT2D eigenvalue weighted by molar-refractivity contribution is -0.167. The van der Waals surface area contributed by atoms with Crippen LogP contribution < -0.4 is 5.32 Å². The normalized spacial score (nSPS) is 17.1. The molecule has 0 saturated carbocycles. The molecule has 1 N–H and O–H groups in total. The van der Waals surface area contributed by atoms with Gasteiger partial charge in [0, 0.05) is 6.42 Å². The number of carbonyl (C=O) groups is 3. The van der Waals surface area contributed by atoms with Gasteiger partial charge in [-0.05, 0) is 51.9 Å². The second kappa shape index (κ2) is 18.5. The molecule has 1 unspecified atom stereocenters. The third-order valence-corrected chi connectivity index (χ3v) is 5.49. The Morgan fingerprint density at radius 3 is 2.22 bits per heavy atom. The lowest BCUT2D eigenvalue weighted by atomic mass is 10.1. The van der Waals surface area contributed by atoms with Crippen molar-refractivity contribution in [2.45, 2.75) is 116 Å². The molecule has 0 aromatic rings. The van der Waals surface area contributed by atoms with Crippen LogP contribution in [0.5, 0.6) is 0 Å². The summed E-state index contributed by atoms with van der Waals surface area (Å²) < 4.78 is 10.3. The number of esters is 2. The molecule has 6 heteroatoms. The maximum absolute atomic E-state index is 11.9. The maximum atomic E-state index is 11.9. The number of allylic oxidation sites excluding steroid dienone is 4. The molecule has 1 fully saturated rings. The zero-order chi connectivity index (χ0) is 23.4. The average molecular weight is 450 g/mol. The van der Waals surface area contributed by atoms with Crippen LogP contribution in [-0.2, 0) is 23.9 Å². The molecule has 1 rings (SSSR count). The molecule has 1 heterocycles. The highest BCUT2D eigenvalue weighted by atomic mass is 16.6. The van der Waals surface area contributed by atoms with E-state index in [0.29, 0.717) is 19.4 Å². The first-order valence-electron chi connectivity index (χ1n) is 12.5. The molecular weight excluding hydrogens is 406 g/mol. The van der Waals surface area contributed by atoms with Crippen molar-refractivity contribution < 1.29 is 23.9 Å². The van der Waals surface area contributed by atoms with Gasteiger partial charge >= 0.3 is 11.9 Å². The van der Waals surface area contributed by atoms with E-state index in [1.54, 1.807) is 0 Å². The molecule has 2 atom stereocenters. The number of nitrogens with one attached hydrogen (secondary N) is 1. The molecule has 0 bridgehead atoms. The van der Waals surface area contributed by atoms with E-state index in [-0.39, 0.29) is 5.91 Å². The lowest BCUT2D eigenvalue weighted by Gasteiger charge is -2.15. The Kier molecular flexibility index (Phi) is 16.1. The molecule has 0 aromatic heterocycles. The van der Waals surface area contributed by atoms with Crippen LogP contribution in [-0.4, -0.2) is 36.6 Å². The Balaban J connectivity index is 1.90. The molecule has 1 amide bonds. The first-order chi connectivity index (χ1) is 15.5. The first-order valence-corrected chi connectivity index (χ1v) is 12.5. The van der Waals surface area contributed by atoms with Crippen LogP contribution in [0.2, 0.25) is 0 Å². The van der Waals surface area contributed by atoms with Gasteiger partial charge in [0.15, 0.2) is 6.10 Å². The minimum absolute atomic E-state index is 0.167. The molecule has 1 saturated heterocycles. The molecule has 1 aliphatic rings. The van der Waals surface area contributed by atoms with E-state index in [9.17, 15) is 14.4 Å². The summed E-state index contributed by atoms with van der Waals surface area (Å²) in [7, 11) is 0. The van der Waals surface area contributed by atoms with Gasteiger partial charge in [0.25, 0.3) is 0 Å². The molecule has 6 nitrogen and oxygen atoms in total. The minimum Gasteiger partial charge on any atom is -0.463 e. The zero-order valence-electron chi connectivity index (χ0n) is 20.1. The summed E-state index contributed by atoms with van der Waals surface area (Å²) in [5.74, 6) is -1.28. The number of ether oxygens (including phenoxy) is 2. The summed E-state index contributed by atoms with van der Waals surface area (Å²) in [6.07, 6.45) is 22.8. The second-order valence-electron chi connectivity index (χ2n) is 8.49. The largest absolute Gasteiger partial charge is 0.463 e. The Hall–Kier alpha value is -2.11. The van der Waals surface area contributed by atoms with E-state index in [0.717, 1.165) is 32.1 Å². The quantitative estimate of drug-likeness (QED) is 0.168. The Morgan fingerprint density at radius 1 is 0.969 bits per heavy atom. The number of amides is 1. The van der Waals surface area contributed by atoms with Crippen molar-refractivity contribution in [2.75, 3.05) is 6.61 Å². The van der Waals surface area contributed by atoms with Crippen molar-refractivity contribution >= 4 is 17.8 Å². The summed E-state index contributed by atoms with van der Waals surface area (Å²) in [4.78, 5) is 35.0. The lowest BCUT2D eigenvalue weighted by Crippen LogP contribution is -2.38. The second-order valence-corrected chi connectivity index (χ2v) is 8.49. The first kappa shape index (κ1) is 27.9. The van der Waals surface area contributed by atoms with Gasteiger partial charge in [-0.25, -0.2) is 9.59 Å². The monoisotopic (exact) mass is 449 g/mol. The molecule has 0 aliphatic carbocycles. The van der Waals surface area contributed by atoms with Gasteiger partial charge < -0.3 is 14.8 Å². The maximum Gasteiger partial charge on any atom is 0.347 e. The molecular formula is C26H43NO5. The van der Waals surface area contributed by atoms with Crippen molar-refractivity contribution in [3.63, 3.8) is 0 Å². The van der Waals surface area contributed by atoms with Crippen LogP contribution >= 0.6 is 0 Å². The van der Waals surface area contributed by atoms with Gasteiger partial charge in [-0.3, -0.25) is 4.79 Å². The predicted octanol–water partition coefficient (Wildman–Crippen LogP) is 5.55. The number of carbonyl (C=O) groups excluding carboxylic acids is 3. The van der Waals surface area contributed by atoms with E-state index in [1.165, 1.54) is 51.9 Å². The Labute approximate surface area is 194 Å². The number of rotatable bonds is 18. The molecule has 0 spiro atoms. The molecule has 1 aliphatic heterocycles. The fourth-order valence-corrected chi connectivity index (χ4v) is 3.48. The predicted molar refractivity (Wildman–Crippen MR) is 127 cm³/mol. The number of unbranched alkanes of at least 4 members (excludes halogenated alkanes) is 9. The van der Waals surface area contributed by atoms with Gasteiger partial charge in [-0.2, -0.15) is 0 Å². The van der Waals surface area contributed by atoms with Crippen LogP contribution in [0.25, 0.3) is 0 Å². The highest BCUT2D eigenvalue weighted by Gasteiger charge is 2.31. The van der Waals surface area contributed by atoms with E-state index in [2.05, 4.69) is 36.5 Å². The van der Waals surface area contributed by atoms with Crippen molar-refractivity contribution in [3.05, 3.63) is 24.3 Å². The van der Waals surface area contributed by atoms with Crippen LogP contribution in [0.1, 0.15) is 104 Å². The Bertz CT molecular complexity index is 599. The summed E-state index contributed by atoms with van der Waals surface area (Å²) in [5, 5.41) is 2.53. The van der Waals surface area contributed by atoms with Crippen LogP contribution in [0.3, 0.4) is 0 Å². The summed E-state index contributed by atoms with van der Waals surface area (Å²) in [5.41, 5.74) is 0. The van der Waals surface area contributed by atoms with Crippen LogP contribution in [0, 0.1) is 0 Å². The molecule has 32 heavy (non-hydrogen) atoms. The summed E-state index contributed by atoms with van der Waals surface area (Å²) in [6.45, 7) is 4.07. The molecule has 0 radical (unpaired) electrons. The summed E-state index contributed by atoms with van der Waals surface area (Å²) in [6, 6.07) is -0.648. The highest BCUT2D eigenvalue weighted by Crippen LogP contribution is 2.11. The van der Waals surface area contributed by atoms with E-state index in [4.69, 9.17) is 9.47 Å². The number of hydrogen-bond acceptors (Lipinski definition) is 5. The van der Waals surface area contributed by atoms with Crippen molar-refractivity contribution in [2.24, 2.45) is 0 Å². The van der Waals surface area contributed by atoms with Crippen LogP contribution in [0.15, 0.2) is 24.3 Å². The van der Waals surface area contributed by atoms with Gasteiger partial charge in [0.05, 0.1) is 6.61 Å². The minimum atomic E-state index is -0.954. The topological polar surface area (TPSA) is 81.7 Å². The smallest absolute Gasteiger partial charge is 0.347 e. The van der Waals surface area contributed by atoms with Gasteiger partial charge in [0.2, 0.25) is 5.91 Å². The van der Waals surface area contributed by atoms with E-state index >= 15 is 0 Å². The van der Waals surface area contributed by atoms with Crippen molar-refractivity contribution in [1.82, 2.24) is 5.32 Å². The van der Waals surface area contributed by atoms with E-state index in [1.807, 2.05) is 0 Å². The fourth-order valence-electron chi connectivity index (χ4n) is 3.48. The molecule has 0 aromatic carbocycles. The third-order valence-electron chi connectivity index (χ3n) is 5.49. The standard InChI is InChI=1S/C26H43NO5/c1-3-4-5-6-7-8-9-10-11-12-13-14-15-16-17-18-21-31-25(29)22(2)32-26(30)23-19-20-24(28)27-23/h7-8,10-11,22-23H,3-6,9,12-21H2,1-2H3,(H,27,28)/b8-7-,11-10-/t22?,23-/m0/s1. The van der Waals surface area contributed by atoms with E-state index < -0.39 is 24.1 Å². The van der Waals surface area contributed by atoms with Gasteiger partial charge in [-0.1, -0.05) is 69.8 Å². The SMILES string of the molecule is CCCCC/C=C\C/C=C\CCCCCCCCOC(=O)C(C)OC(=O)[C@@H]1CCC(=O)N1. The fraction of sp³-hybridized carbons (Fsp3) is 0.731. The zero-order valence-corrected chi connectivity index (χ0v) is 20.1. The molecule has 182 valence electrons. The Morgan fingerprint density at radius 2 is 1.59 bits per heavy atom. The average Bonchev–Trinajstić information content (AvgIpc) is 3.22. The third kappa shape index (κ3) is 14.0. The number of hydrogen-bond donors (Lipinski definition) is 1. The van der Waals surface area contributed by atoms with Crippen LogP contribution in [0.4, 0.5) is 0 Å². The van der Waals surface area contributed by atoms with Crippen molar-refractivity contribution in [1.29, 1.82) is 0 Å².